The van der Waals surface area contributed by atoms with E-state index in [0.717, 1.165) is 5.56 Å². The molecule has 1 unspecified atom stereocenters. The number of phenols is 1. The molecule has 6 heteroatoms. The first-order chi connectivity index (χ1) is 12.0. The predicted molar refractivity (Wildman–Crippen MR) is 92.6 cm³/mol. The molecule has 132 valence electrons. The number of nitrogens with one attached hydrogen (secondary N) is 1. The van der Waals surface area contributed by atoms with Gasteiger partial charge in [-0.05, 0) is 48.4 Å². The van der Waals surface area contributed by atoms with Crippen molar-refractivity contribution in [2.24, 2.45) is 5.92 Å². The van der Waals surface area contributed by atoms with Crippen molar-refractivity contribution in [3.05, 3.63) is 59.7 Å². The second kappa shape index (κ2) is 8.73. The van der Waals surface area contributed by atoms with Gasteiger partial charge in [0, 0.05) is 12.1 Å². The van der Waals surface area contributed by atoms with Gasteiger partial charge in [0.2, 0.25) is 0 Å². The Hall–Kier alpha value is -3.02. The summed E-state index contributed by atoms with van der Waals surface area (Å²) in [6, 6.07) is 13.3. The maximum atomic E-state index is 12.2. The van der Waals surface area contributed by atoms with E-state index >= 15 is 0 Å². The number of phenolic OH excluding ortho intramolecular Hbond substituents is 1. The molecule has 0 spiro atoms. The molecule has 0 aliphatic carbocycles. The number of carbonyl (C=O) groups excluding carboxylic acids is 2. The number of ether oxygens (including phenoxy) is 2. The number of carbonyl (C=O) groups is 2. The SMILES string of the molecule is COC(=O)C(CNC(=O)c1ccc(OC)cc1)Cc1ccc(O)cc1. The maximum Gasteiger partial charge on any atom is 0.310 e. The van der Waals surface area contributed by atoms with Gasteiger partial charge in [0.05, 0.1) is 20.1 Å². The standard InChI is InChI=1S/C19H21NO5/c1-24-17-9-5-14(6-10-17)18(22)20-12-15(19(23)25-2)11-13-3-7-16(21)8-4-13/h3-10,15,21H,11-12H2,1-2H3,(H,20,22). The van der Waals surface area contributed by atoms with Crippen LogP contribution in [0.3, 0.4) is 0 Å². The van der Waals surface area contributed by atoms with E-state index in [1.54, 1.807) is 55.6 Å². The van der Waals surface area contributed by atoms with Gasteiger partial charge < -0.3 is 19.9 Å². The highest BCUT2D eigenvalue weighted by Crippen LogP contribution is 2.15. The molecule has 25 heavy (non-hydrogen) atoms. The summed E-state index contributed by atoms with van der Waals surface area (Å²) >= 11 is 0. The summed E-state index contributed by atoms with van der Waals surface area (Å²) < 4.78 is 9.88. The molecule has 2 aromatic rings. The fraction of sp³-hybridized carbons (Fsp3) is 0.263. The quantitative estimate of drug-likeness (QED) is 0.753. The van der Waals surface area contributed by atoms with Crippen LogP contribution in [0.25, 0.3) is 0 Å². The third-order valence-corrected chi connectivity index (χ3v) is 3.81. The highest BCUT2D eigenvalue weighted by molar-refractivity contribution is 5.94. The summed E-state index contributed by atoms with van der Waals surface area (Å²) in [5.41, 5.74) is 1.35. The number of benzene rings is 2. The van der Waals surface area contributed by atoms with E-state index in [-0.39, 0.29) is 18.2 Å². The van der Waals surface area contributed by atoms with Crippen molar-refractivity contribution >= 4 is 11.9 Å². The topological polar surface area (TPSA) is 84.9 Å². The molecule has 0 aliphatic heterocycles. The molecule has 6 nitrogen and oxygen atoms in total. The third-order valence-electron chi connectivity index (χ3n) is 3.81. The Morgan fingerprint density at radius 3 is 2.24 bits per heavy atom. The average Bonchev–Trinajstić information content (AvgIpc) is 2.65. The van der Waals surface area contributed by atoms with E-state index in [1.807, 2.05) is 0 Å². The van der Waals surface area contributed by atoms with Gasteiger partial charge in [-0.1, -0.05) is 12.1 Å². The zero-order valence-electron chi connectivity index (χ0n) is 14.2. The molecule has 1 amide bonds. The van der Waals surface area contributed by atoms with E-state index in [1.165, 1.54) is 7.11 Å². The van der Waals surface area contributed by atoms with Crippen molar-refractivity contribution in [3.63, 3.8) is 0 Å². The molecule has 0 aliphatic rings. The lowest BCUT2D eigenvalue weighted by Crippen LogP contribution is -2.34. The Morgan fingerprint density at radius 1 is 1.04 bits per heavy atom. The smallest absolute Gasteiger partial charge is 0.310 e. The molecule has 2 N–H and O–H groups in total. The Labute approximate surface area is 146 Å². The molecule has 0 aromatic heterocycles. The van der Waals surface area contributed by atoms with Gasteiger partial charge in [0.25, 0.3) is 5.91 Å². The van der Waals surface area contributed by atoms with Crippen LogP contribution in [-0.2, 0) is 16.0 Å². The number of hydrogen-bond donors (Lipinski definition) is 2. The minimum Gasteiger partial charge on any atom is -0.508 e. The van der Waals surface area contributed by atoms with Gasteiger partial charge in [-0.25, -0.2) is 0 Å². The first-order valence-electron chi connectivity index (χ1n) is 7.81. The fourth-order valence-corrected chi connectivity index (χ4v) is 2.38. The van der Waals surface area contributed by atoms with Crippen LogP contribution < -0.4 is 10.1 Å². The Balaban J connectivity index is 2.00. The van der Waals surface area contributed by atoms with E-state index in [0.29, 0.717) is 17.7 Å². The Bertz CT molecular complexity index is 710. The molecule has 0 saturated heterocycles. The van der Waals surface area contributed by atoms with E-state index in [4.69, 9.17) is 9.47 Å². The number of amides is 1. The highest BCUT2D eigenvalue weighted by Gasteiger charge is 2.21. The first-order valence-corrected chi connectivity index (χ1v) is 7.81. The van der Waals surface area contributed by atoms with E-state index in [2.05, 4.69) is 5.32 Å². The molecule has 1 atom stereocenters. The number of rotatable bonds is 7. The monoisotopic (exact) mass is 343 g/mol. The third kappa shape index (κ3) is 5.24. The van der Waals surface area contributed by atoms with Crippen LogP contribution in [0.2, 0.25) is 0 Å². The lowest BCUT2D eigenvalue weighted by Gasteiger charge is -2.16. The largest absolute Gasteiger partial charge is 0.508 e. The molecule has 2 aromatic carbocycles. The number of aromatic hydroxyl groups is 1. The summed E-state index contributed by atoms with van der Waals surface area (Å²) in [5.74, 6) is -0.371. The summed E-state index contributed by atoms with van der Waals surface area (Å²) in [6.07, 6.45) is 0.399. The van der Waals surface area contributed by atoms with Crippen LogP contribution in [0, 0.1) is 5.92 Å². The maximum absolute atomic E-state index is 12.2. The second-order valence-corrected chi connectivity index (χ2v) is 5.53. The fourth-order valence-electron chi connectivity index (χ4n) is 2.38. The van der Waals surface area contributed by atoms with Crippen molar-refractivity contribution in [2.45, 2.75) is 6.42 Å². The summed E-state index contributed by atoms with van der Waals surface area (Å²) in [7, 11) is 2.87. The minimum absolute atomic E-state index is 0.151. The second-order valence-electron chi connectivity index (χ2n) is 5.53. The van der Waals surface area contributed by atoms with Gasteiger partial charge in [-0.2, -0.15) is 0 Å². The summed E-state index contributed by atoms with van der Waals surface area (Å²) in [5, 5.41) is 12.1. The molecule has 0 radical (unpaired) electrons. The van der Waals surface area contributed by atoms with E-state index < -0.39 is 11.9 Å². The summed E-state index contributed by atoms with van der Waals surface area (Å²) in [4.78, 5) is 24.2. The predicted octanol–water partition coefficient (Wildman–Crippen LogP) is 2.16. The zero-order chi connectivity index (χ0) is 18.2. The van der Waals surface area contributed by atoms with Crippen molar-refractivity contribution in [3.8, 4) is 11.5 Å². The number of hydrogen-bond acceptors (Lipinski definition) is 5. The van der Waals surface area contributed by atoms with E-state index in [9.17, 15) is 14.7 Å². The Morgan fingerprint density at radius 2 is 1.68 bits per heavy atom. The normalized spacial score (nSPS) is 11.4. The minimum atomic E-state index is -0.517. The molecule has 0 bridgehead atoms. The zero-order valence-corrected chi connectivity index (χ0v) is 14.2. The number of methoxy groups -OCH3 is 2. The molecule has 2 rings (SSSR count). The first kappa shape index (κ1) is 18.3. The van der Waals surface area contributed by atoms with Gasteiger partial charge in [0.1, 0.15) is 11.5 Å². The van der Waals surface area contributed by atoms with Crippen molar-refractivity contribution in [1.29, 1.82) is 0 Å². The van der Waals surface area contributed by atoms with Crippen LogP contribution in [-0.4, -0.2) is 37.7 Å². The molecule has 0 fully saturated rings. The molecule has 0 saturated carbocycles. The average molecular weight is 343 g/mol. The van der Waals surface area contributed by atoms with Crippen molar-refractivity contribution < 1.29 is 24.2 Å². The molecular weight excluding hydrogens is 322 g/mol. The van der Waals surface area contributed by atoms with Crippen LogP contribution in [0.1, 0.15) is 15.9 Å². The highest BCUT2D eigenvalue weighted by atomic mass is 16.5. The van der Waals surface area contributed by atoms with Crippen molar-refractivity contribution in [1.82, 2.24) is 5.32 Å². The van der Waals surface area contributed by atoms with Crippen LogP contribution >= 0.6 is 0 Å². The van der Waals surface area contributed by atoms with Crippen LogP contribution in [0.15, 0.2) is 48.5 Å². The van der Waals surface area contributed by atoms with Crippen molar-refractivity contribution in [2.75, 3.05) is 20.8 Å². The number of esters is 1. The lowest BCUT2D eigenvalue weighted by atomic mass is 9.99. The van der Waals surface area contributed by atoms with Gasteiger partial charge in [-0.15, -0.1) is 0 Å². The molecular formula is C19H21NO5. The summed E-state index contributed by atoms with van der Waals surface area (Å²) in [6.45, 7) is 0.151. The van der Waals surface area contributed by atoms with Crippen LogP contribution in [0.5, 0.6) is 11.5 Å². The Kier molecular flexibility index (Phi) is 6.39. The lowest BCUT2D eigenvalue weighted by molar-refractivity contribution is -0.145. The van der Waals surface area contributed by atoms with Gasteiger partial charge in [-0.3, -0.25) is 9.59 Å². The van der Waals surface area contributed by atoms with Gasteiger partial charge >= 0.3 is 5.97 Å². The van der Waals surface area contributed by atoms with Gasteiger partial charge in [0.15, 0.2) is 0 Å². The van der Waals surface area contributed by atoms with Crippen LogP contribution in [0.4, 0.5) is 0 Å². The molecule has 0 heterocycles.